The zero-order valence-electron chi connectivity index (χ0n) is 21.5. The summed E-state index contributed by atoms with van der Waals surface area (Å²) in [6.07, 6.45) is 1.71. The molecule has 0 fully saturated rings. The van der Waals surface area contributed by atoms with Crippen molar-refractivity contribution >= 4 is 17.5 Å². The second-order valence-electron chi connectivity index (χ2n) is 9.20. The Morgan fingerprint density at radius 3 is 2.34 bits per heavy atom. The van der Waals surface area contributed by atoms with Crippen LogP contribution in [0.5, 0.6) is 5.75 Å². The number of aromatic nitrogens is 1. The molecule has 7 heteroatoms. The summed E-state index contributed by atoms with van der Waals surface area (Å²) in [6, 6.07) is 10.5. The van der Waals surface area contributed by atoms with Crippen LogP contribution < -0.4 is 15.4 Å². The summed E-state index contributed by atoms with van der Waals surface area (Å²) in [5.41, 5.74) is 3.87. The van der Waals surface area contributed by atoms with Gasteiger partial charge in [0.15, 0.2) is 0 Å². The first-order chi connectivity index (χ1) is 16.7. The van der Waals surface area contributed by atoms with Gasteiger partial charge < -0.3 is 20.1 Å². The van der Waals surface area contributed by atoms with Gasteiger partial charge in [-0.25, -0.2) is 14.2 Å². The Balaban J connectivity index is 2.15. The Morgan fingerprint density at radius 2 is 1.80 bits per heavy atom. The third-order valence-corrected chi connectivity index (χ3v) is 5.59. The Kier molecular flexibility index (Phi) is 8.33. The maximum absolute atomic E-state index is 15.2. The summed E-state index contributed by atoms with van der Waals surface area (Å²) < 4.78 is 26.0. The fraction of sp³-hybridized carbons (Fsp3) is 0.357. The maximum atomic E-state index is 15.2. The number of nitrogens with one attached hydrogen (secondary N) is 2. The molecule has 0 bridgehead atoms. The number of hydrogen-bond acceptors (Lipinski definition) is 6. The third-order valence-electron chi connectivity index (χ3n) is 5.59. The normalized spacial score (nSPS) is 11.0. The highest BCUT2D eigenvalue weighted by Gasteiger charge is 2.24. The fourth-order valence-corrected chi connectivity index (χ4v) is 4.02. The second kappa shape index (κ2) is 11.2. The van der Waals surface area contributed by atoms with Gasteiger partial charge >= 0.3 is 5.97 Å². The molecule has 0 atom stereocenters. The molecule has 0 saturated heterocycles. The lowest BCUT2D eigenvalue weighted by molar-refractivity contribution is 0.0601. The molecule has 2 aromatic carbocycles. The molecule has 3 rings (SSSR count). The van der Waals surface area contributed by atoms with Gasteiger partial charge in [0.2, 0.25) is 0 Å². The molecule has 2 N–H and O–H groups in total. The van der Waals surface area contributed by atoms with E-state index in [0.717, 1.165) is 17.9 Å². The highest BCUT2D eigenvalue weighted by atomic mass is 19.1. The molecule has 6 nitrogen and oxygen atoms in total. The van der Waals surface area contributed by atoms with Crippen LogP contribution in [0, 0.1) is 18.7 Å². The van der Waals surface area contributed by atoms with Gasteiger partial charge in [-0.3, -0.25) is 0 Å². The largest absolute Gasteiger partial charge is 0.496 e. The molecular formula is C28H34FN3O3. The van der Waals surface area contributed by atoms with Crippen molar-refractivity contribution in [2.45, 2.75) is 40.7 Å². The summed E-state index contributed by atoms with van der Waals surface area (Å²) in [6.45, 7) is 10.9. The van der Waals surface area contributed by atoms with Gasteiger partial charge in [0, 0.05) is 52.3 Å². The van der Waals surface area contributed by atoms with Crippen LogP contribution in [0.25, 0.3) is 22.3 Å². The first kappa shape index (κ1) is 26.0. The van der Waals surface area contributed by atoms with Gasteiger partial charge in [0.1, 0.15) is 17.4 Å². The maximum Gasteiger partial charge on any atom is 0.338 e. The molecule has 0 amide bonds. The molecule has 0 saturated carbocycles. The van der Waals surface area contributed by atoms with Gasteiger partial charge in [0.25, 0.3) is 0 Å². The van der Waals surface area contributed by atoms with E-state index in [1.54, 1.807) is 18.3 Å². The summed E-state index contributed by atoms with van der Waals surface area (Å²) >= 11 is 0. The molecule has 186 valence electrons. The smallest absolute Gasteiger partial charge is 0.338 e. The van der Waals surface area contributed by atoms with E-state index >= 15 is 4.39 Å². The van der Waals surface area contributed by atoms with Gasteiger partial charge in [-0.05, 0) is 63.1 Å². The van der Waals surface area contributed by atoms with E-state index in [1.165, 1.54) is 20.3 Å². The van der Waals surface area contributed by atoms with E-state index < -0.39 is 11.8 Å². The zero-order valence-corrected chi connectivity index (χ0v) is 21.5. The van der Waals surface area contributed by atoms with Crippen molar-refractivity contribution in [3.8, 4) is 28.0 Å². The molecular weight excluding hydrogens is 445 g/mol. The fourth-order valence-electron chi connectivity index (χ4n) is 4.02. The zero-order chi connectivity index (χ0) is 25.7. The number of benzene rings is 2. The number of carbonyl (C=O) groups excluding carboxylic acids is 1. The summed E-state index contributed by atoms with van der Waals surface area (Å²) in [5, 5.41) is 6.48. The first-order valence-electron chi connectivity index (χ1n) is 11.7. The lowest BCUT2D eigenvalue weighted by Crippen LogP contribution is -2.10. The molecule has 1 heterocycles. The minimum atomic E-state index is -0.521. The van der Waals surface area contributed by atoms with Gasteiger partial charge in [0.05, 0.1) is 19.8 Å². The number of rotatable bonds is 9. The molecule has 0 aliphatic rings. The van der Waals surface area contributed by atoms with Crippen molar-refractivity contribution in [2.75, 3.05) is 31.4 Å². The second-order valence-corrected chi connectivity index (χ2v) is 9.20. The number of anilines is 2. The van der Waals surface area contributed by atoms with Crippen molar-refractivity contribution < 1.29 is 18.7 Å². The molecule has 0 aliphatic heterocycles. The summed E-state index contributed by atoms with van der Waals surface area (Å²) in [5.74, 6) is 0.780. The van der Waals surface area contributed by atoms with Crippen LogP contribution in [0.2, 0.25) is 0 Å². The average Bonchev–Trinajstić information content (AvgIpc) is 2.82. The minimum absolute atomic E-state index is 0.169. The van der Waals surface area contributed by atoms with Gasteiger partial charge in [-0.2, -0.15) is 0 Å². The van der Waals surface area contributed by atoms with E-state index in [9.17, 15) is 4.79 Å². The van der Waals surface area contributed by atoms with Crippen LogP contribution in [-0.4, -0.2) is 37.8 Å². The summed E-state index contributed by atoms with van der Waals surface area (Å²) in [4.78, 5) is 17.4. The lowest BCUT2D eigenvalue weighted by atomic mass is 9.90. The van der Waals surface area contributed by atoms with Crippen LogP contribution >= 0.6 is 0 Å². The lowest BCUT2D eigenvalue weighted by Gasteiger charge is -2.20. The Labute approximate surface area is 206 Å². The SMILES string of the molecule is COC(=O)c1cc(-c2ccc(NC(C)C)cc2F)c(OC)c(C)c1-c1ccc(NCC(C)C)nc1. The van der Waals surface area contributed by atoms with E-state index in [0.29, 0.717) is 45.2 Å². The van der Waals surface area contributed by atoms with Crippen molar-refractivity contribution in [1.29, 1.82) is 0 Å². The molecule has 0 spiro atoms. The quantitative estimate of drug-likeness (QED) is 0.339. The van der Waals surface area contributed by atoms with Crippen molar-refractivity contribution in [3.05, 3.63) is 59.5 Å². The van der Waals surface area contributed by atoms with Gasteiger partial charge in [-0.15, -0.1) is 0 Å². The molecule has 3 aromatic rings. The number of pyridine rings is 1. The van der Waals surface area contributed by atoms with Crippen LogP contribution in [-0.2, 0) is 4.74 Å². The molecule has 0 aliphatic carbocycles. The van der Waals surface area contributed by atoms with E-state index in [2.05, 4.69) is 29.5 Å². The number of carbonyl (C=O) groups is 1. The van der Waals surface area contributed by atoms with Crippen LogP contribution in [0.3, 0.4) is 0 Å². The highest BCUT2D eigenvalue weighted by Crippen LogP contribution is 2.42. The summed E-state index contributed by atoms with van der Waals surface area (Å²) in [7, 11) is 2.87. The standard InChI is InChI=1S/C28H34FN3O3/c1-16(2)14-30-25-11-8-19(15-31-25)26-18(5)27(34-6)22(13-23(26)28(33)35-7)21-10-9-20(12-24(21)29)32-17(3)4/h8-13,15-17,32H,14H2,1-7H3,(H,30,31). The Morgan fingerprint density at radius 1 is 1.06 bits per heavy atom. The Hall–Kier alpha value is -3.61. The van der Waals surface area contributed by atoms with Gasteiger partial charge in [-0.1, -0.05) is 13.8 Å². The highest BCUT2D eigenvalue weighted by molar-refractivity contribution is 6.01. The molecule has 1 aromatic heterocycles. The van der Waals surface area contributed by atoms with Crippen LogP contribution in [0.4, 0.5) is 15.9 Å². The predicted octanol–water partition coefficient (Wildman–Crippen LogP) is 6.55. The number of hydrogen-bond donors (Lipinski definition) is 2. The average molecular weight is 480 g/mol. The van der Waals surface area contributed by atoms with E-state index in [4.69, 9.17) is 9.47 Å². The number of esters is 1. The monoisotopic (exact) mass is 479 g/mol. The van der Waals surface area contributed by atoms with E-state index in [-0.39, 0.29) is 6.04 Å². The van der Waals surface area contributed by atoms with E-state index in [1.807, 2.05) is 39.0 Å². The third kappa shape index (κ3) is 5.91. The minimum Gasteiger partial charge on any atom is -0.496 e. The van der Waals surface area contributed by atoms with Crippen molar-refractivity contribution in [3.63, 3.8) is 0 Å². The molecule has 0 unspecified atom stereocenters. The predicted molar refractivity (Wildman–Crippen MR) is 140 cm³/mol. The number of methoxy groups -OCH3 is 2. The number of ether oxygens (including phenoxy) is 2. The first-order valence-corrected chi connectivity index (χ1v) is 11.7. The Bertz CT molecular complexity index is 1190. The molecule has 0 radical (unpaired) electrons. The van der Waals surface area contributed by atoms with Crippen molar-refractivity contribution in [1.82, 2.24) is 4.98 Å². The topological polar surface area (TPSA) is 72.5 Å². The number of nitrogens with zero attached hydrogens (tertiary/aromatic N) is 1. The van der Waals surface area contributed by atoms with Crippen LogP contribution in [0.15, 0.2) is 42.6 Å². The number of halogens is 1. The van der Waals surface area contributed by atoms with Crippen LogP contribution in [0.1, 0.15) is 43.6 Å². The van der Waals surface area contributed by atoms with Crippen molar-refractivity contribution in [2.24, 2.45) is 5.92 Å². The molecule has 35 heavy (non-hydrogen) atoms.